The molecule has 1 aliphatic heterocycles. The Kier molecular flexibility index (Phi) is 6.74. The molecule has 0 spiro atoms. The highest BCUT2D eigenvalue weighted by atomic mass is 16.5. The SMILES string of the molecule is O=c1c(O)c(-c2ccc(O)c(O)c2)oc2cc(O)cc(O)c12.OC1Cc2ccccc2OC1c1ccccc1. The standard InChI is InChI=1S/C15H10O7.C15H14O2/c16-7-4-10(19)12-11(5-7)22-15(14(21)13(12)20)6-1-2-8(17)9(18)3-6;16-13-10-12-8-4-5-9-14(12)17-15(13)11-6-2-1-3-7-11/h1-5,16-19,21H;1-9,13,15-16H,10H2. The lowest BCUT2D eigenvalue weighted by Crippen LogP contribution is -2.30. The molecule has 5 aromatic rings. The maximum atomic E-state index is 12.1. The molecule has 0 aliphatic carbocycles. The number of rotatable bonds is 2. The van der Waals surface area contributed by atoms with Crippen LogP contribution in [-0.2, 0) is 6.42 Å². The van der Waals surface area contributed by atoms with Crippen LogP contribution in [0.5, 0.6) is 34.5 Å². The normalized spacial score (nSPS) is 16.0. The van der Waals surface area contributed by atoms with Gasteiger partial charge in [-0.1, -0.05) is 48.5 Å². The fourth-order valence-corrected chi connectivity index (χ4v) is 4.40. The Hall–Kier alpha value is -5.15. The van der Waals surface area contributed by atoms with Gasteiger partial charge in [-0.3, -0.25) is 4.79 Å². The van der Waals surface area contributed by atoms with Crippen molar-refractivity contribution in [3.8, 4) is 45.8 Å². The number of para-hydroxylation sites is 1. The van der Waals surface area contributed by atoms with E-state index in [9.17, 15) is 35.4 Å². The molecule has 6 rings (SSSR count). The fraction of sp³-hybridized carbons (Fsp3) is 0.100. The van der Waals surface area contributed by atoms with E-state index in [1.165, 1.54) is 6.07 Å². The van der Waals surface area contributed by atoms with Gasteiger partial charge in [0, 0.05) is 24.1 Å². The van der Waals surface area contributed by atoms with Gasteiger partial charge in [-0.05, 0) is 35.4 Å². The first-order valence-corrected chi connectivity index (χ1v) is 11.9. The van der Waals surface area contributed by atoms with Crippen molar-refractivity contribution in [2.75, 3.05) is 0 Å². The Morgan fingerprint density at radius 2 is 1.46 bits per heavy atom. The second-order valence-electron chi connectivity index (χ2n) is 8.98. The van der Waals surface area contributed by atoms with Gasteiger partial charge in [-0.15, -0.1) is 0 Å². The van der Waals surface area contributed by atoms with E-state index in [2.05, 4.69) is 0 Å². The molecule has 6 N–H and O–H groups in total. The van der Waals surface area contributed by atoms with Crippen LogP contribution in [-0.4, -0.2) is 36.7 Å². The van der Waals surface area contributed by atoms with Gasteiger partial charge >= 0.3 is 0 Å². The molecule has 2 heterocycles. The van der Waals surface area contributed by atoms with Crippen LogP contribution >= 0.6 is 0 Å². The summed E-state index contributed by atoms with van der Waals surface area (Å²) < 4.78 is 11.2. The molecule has 198 valence electrons. The summed E-state index contributed by atoms with van der Waals surface area (Å²) in [5.74, 6) is -1.83. The van der Waals surface area contributed by atoms with Crippen molar-refractivity contribution in [1.82, 2.24) is 0 Å². The first-order chi connectivity index (χ1) is 18.7. The molecular weight excluding hydrogens is 504 g/mol. The first kappa shape index (κ1) is 25.5. The maximum Gasteiger partial charge on any atom is 0.238 e. The molecule has 0 saturated carbocycles. The maximum absolute atomic E-state index is 12.1. The number of ether oxygens (including phenoxy) is 1. The Balaban J connectivity index is 0.000000163. The van der Waals surface area contributed by atoms with Crippen LogP contribution in [0.2, 0.25) is 0 Å². The number of aromatic hydroxyl groups is 5. The monoisotopic (exact) mass is 528 g/mol. The summed E-state index contributed by atoms with van der Waals surface area (Å²) in [4.78, 5) is 12.1. The average Bonchev–Trinajstić information content (AvgIpc) is 2.92. The number of hydrogen-bond acceptors (Lipinski definition) is 9. The van der Waals surface area contributed by atoms with E-state index in [-0.39, 0.29) is 39.9 Å². The third-order valence-electron chi connectivity index (χ3n) is 6.31. The van der Waals surface area contributed by atoms with Crippen LogP contribution in [0.4, 0.5) is 0 Å². The average molecular weight is 529 g/mol. The van der Waals surface area contributed by atoms with Gasteiger partial charge in [0.1, 0.15) is 34.3 Å². The van der Waals surface area contributed by atoms with Crippen molar-refractivity contribution in [2.45, 2.75) is 18.6 Å². The van der Waals surface area contributed by atoms with E-state index in [1.54, 1.807) is 0 Å². The van der Waals surface area contributed by atoms with Gasteiger partial charge < -0.3 is 39.8 Å². The molecule has 0 radical (unpaired) electrons. The van der Waals surface area contributed by atoms with E-state index in [0.717, 1.165) is 41.1 Å². The number of aliphatic hydroxyl groups excluding tert-OH is 1. The van der Waals surface area contributed by atoms with Crippen LogP contribution in [0.15, 0.2) is 94.1 Å². The number of benzene rings is 4. The molecule has 0 amide bonds. The molecule has 9 heteroatoms. The first-order valence-electron chi connectivity index (χ1n) is 11.9. The summed E-state index contributed by atoms with van der Waals surface area (Å²) in [6.45, 7) is 0. The Morgan fingerprint density at radius 1 is 0.744 bits per heavy atom. The predicted molar refractivity (Wildman–Crippen MR) is 142 cm³/mol. The summed E-state index contributed by atoms with van der Waals surface area (Å²) in [7, 11) is 0. The van der Waals surface area contributed by atoms with Crippen LogP contribution in [0, 0.1) is 0 Å². The zero-order chi connectivity index (χ0) is 27.7. The Bertz CT molecular complexity index is 1710. The Morgan fingerprint density at radius 3 is 2.21 bits per heavy atom. The highest BCUT2D eigenvalue weighted by molar-refractivity contribution is 5.88. The summed E-state index contributed by atoms with van der Waals surface area (Å²) in [6, 6.07) is 23.4. The van der Waals surface area contributed by atoms with Crippen molar-refractivity contribution in [3.63, 3.8) is 0 Å². The van der Waals surface area contributed by atoms with Gasteiger partial charge in [0.2, 0.25) is 11.2 Å². The third-order valence-corrected chi connectivity index (χ3v) is 6.31. The highest BCUT2D eigenvalue weighted by Gasteiger charge is 2.29. The smallest absolute Gasteiger partial charge is 0.238 e. The van der Waals surface area contributed by atoms with Crippen LogP contribution < -0.4 is 10.2 Å². The molecule has 1 aliphatic rings. The molecule has 4 aromatic carbocycles. The van der Waals surface area contributed by atoms with E-state index in [1.807, 2.05) is 54.6 Å². The van der Waals surface area contributed by atoms with Gasteiger partial charge in [-0.2, -0.15) is 0 Å². The summed E-state index contributed by atoms with van der Waals surface area (Å²) in [5, 5.41) is 57.8. The molecule has 1 aromatic heterocycles. The number of aliphatic hydroxyl groups is 1. The lowest BCUT2D eigenvalue weighted by atomic mass is 9.95. The van der Waals surface area contributed by atoms with Crippen molar-refractivity contribution in [1.29, 1.82) is 0 Å². The summed E-state index contributed by atoms with van der Waals surface area (Å²) in [5.41, 5.74) is 1.21. The molecule has 0 bridgehead atoms. The van der Waals surface area contributed by atoms with Gasteiger partial charge in [0.05, 0.1) is 6.10 Å². The summed E-state index contributed by atoms with van der Waals surface area (Å²) >= 11 is 0. The molecule has 0 saturated heterocycles. The van der Waals surface area contributed by atoms with Crippen LogP contribution in [0.25, 0.3) is 22.3 Å². The van der Waals surface area contributed by atoms with Crippen molar-refractivity contribution < 1.29 is 39.8 Å². The zero-order valence-corrected chi connectivity index (χ0v) is 20.4. The summed E-state index contributed by atoms with van der Waals surface area (Å²) in [6.07, 6.45) is -0.0890. The predicted octanol–water partition coefficient (Wildman–Crippen LogP) is 4.71. The largest absolute Gasteiger partial charge is 0.508 e. The topological polar surface area (TPSA) is 161 Å². The van der Waals surface area contributed by atoms with E-state index >= 15 is 0 Å². The second kappa shape index (κ2) is 10.3. The fourth-order valence-electron chi connectivity index (χ4n) is 4.40. The van der Waals surface area contributed by atoms with Crippen molar-refractivity contribution in [2.24, 2.45) is 0 Å². The molecule has 2 unspecified atom stereocenters. The van der Waals surface area contributed by atoms with Crippen LogP contribution in [0.3, 0.4) is 0 Å². The molecular formula is C30H24O9. The molecule has 2 atom stereocenters. The minimum atomic E-state index is -0.888. The number of hydrogen-bond donors (Lipinski definition) is 6. The number of fused-ring (bicyclic) bond motifs is 2. The van der Waals surface area contributed by atoms with Crippen molar-refractivity contribution >= 4 is 11.0 Å². The van der Waals surface area contributed by atoms with Crippen LogP contribution in [0.1, 0.15) is 17.2 Å². The number of phenolic OH excluding ortho intramolecular Hbond substituents is 4. The quantitative estimate of drug-likeness (QED) is 0.178. The van der Waals surface area contributed by atoms with Gasteiger partial charge in [0.15, 0.2) is 17.3 Å². The zero-order valence-electron chi connectivity index (χ0n) is 20.4. The molecule has 0 fully saturated rings. The van der Waals surface area contributed by atoms with Gasteiger partial charge in [-0.25, -0.2) is 0 Å². The minimum Gasteiger partial charge on any atom is -0.508 e. The minimum absolute atomic E-state index is 0.134. The van der Waals surface area contributed by atoms with E-state index < -0.39 is 28.8 Å². The highest BCUT2D eigenvalue weighted by Crippen LogP contribution is 2.38. The second-order valence-corrected chi connectivity index (χ2v) is 8.98. The van der Waals surface area contributed by atoms with Gasteiger partial charge in [0.25, 0.3) is 0 Å². The van der Waals surface area contributed by atoms with E-state index in [0.29, 0.717) is 6.42 Å². The third kappa shape index (κ3) is 5.03. The van der Waals surface area contributed by atoms with Crippen molar-refractivity contribution in [3.05, 3.63) is 106 Å². The lowest BCUT2D eigenvalue weighted by Gasteiger charge is -2.30. The van der Waals surface area contributed by atoms with E-state index in [4.69, 9.17) is 9.15 Å². The molecule has 9 nitrogen and oxygen atoms in total. The lowest BCUT2D eigenvalue weighted by molar-refractivity contribution is 0.0208. The number of phenols is 4. The molecule has 39 heavy (non-hydrogen) atoms. The Labute approximate surface area is 221 Å².